The number of anilines is 1. The van der Waals surface area contributed by atoms with Crippen LogP contribution in [-0.2, 0) is 0 Å². The molecule has 0 unspecified atom stereocenters. The van der Waals surface area contributed by atoms with Crippen molar-refractivity contribution < 1.29 is 9.59 Å². The van der Waals surface area contributed by atoms with Gasteiger partial charge in [-0.3, -0.25) is 4.79 Å². The number of aromatic nitrogens is 2. The van der Waals surface area contributed by atoms with Gasteiger partial charge in [-0.1, -0.05) is 35.9 Å². The van der Waals surface area contributed by atoms with Gasteiger partial charge in [0.2, 0.25) is 5.01 Å². The van der Waals surface area contributed by atoms with Crippen molar-refractivity contribution in [1.29, 1.82) is 0 Å². The summed E-state index contributed by atoms with van der Waals surface area (Å²) in [6.45, 7) is 4.04. The van der Waals surface area contributed by atoms with E-state index in [1.165, 1.54) is 11.3 Å². The van der Waals surface area contributed by atoms with Gasteiger partial charge in [0.25, 0.3) is 5.91 Å². The van der Waals surface area contributed by atoms with E-state index in [1.807, 2.05) is 11.8 Å². The minimum absolute atomic E-state index is 0.0370. The summed E-state index contributed by atoms with van der Waals surface area (Å²) in [7, 11) is 0. The second-order valence-corrected chi connectivity index (χ2v) is 7.87. The van der Waals surface area contributed by atoms with Crippen LogP contribution in [0.2, 0.25) is 5.02 Å². The van der Waals surface area contributed by atoms with Crippen molar-refractivity contribution in [3.8, 4) is 0 Å². The van der Waals surface area contributed by atoms with Gasteiger partial charge in [-0.15, -0.1) is 10.2 Å². The smallest absolute Gasteiger partial charge is 0.317 e. The number of urea groups is 1. The summed E-state index contributed by atoms with van der Waals surface area (Å²) in [5.74, 6) is -0.203. The van der Waals surface area contributed by atoms with Crippen molar-refractivity contribution in [2.24, 2.45) is 0 Å². The molecule has 27 heavy (non-hydrogen) atoms. The number of carbonyl (C=O) groups excluding carboxylic acids is 2. The summed E-state index contributed by atoms with van der Waals surface area (Å²) in [6.07, 6.45) is 2.75. The quantitative estimate of drug-likeness (QED) is 0.790. The number of nitrogens with zero attached hydrogens (tertiary/aromatic N) is 3. The van der Waals surface area contributed by atoms with E-state index in [2.05, 4.69) is 20.8 Å². The predicted octanol–water partition coefficient (Wildman–Crippen LogP) is 3.74. The number of likely N-dealkylation sites (tertiary alicyclic amines) is 1. The fourth-order valence-corrected chi connectivity index (χ4v) is 4.00. The van der Waals surface area contributed by atoms with Crippen molar-refractivity contribution >= 4 is 40.6 Å². The number of piperidine rings is 1. The molecule has 0 saturated carbocycles. The Balaban J connectivity index is 1.62. The zero-order valence-corrected chi connectivity index (χ0v) is 16.6. The summed E-state index contributed by atoms with van der Waals surface area (Å²) in [5.41, 5.74) is 0.612. The highest BCUT2D eigenvalue weighted by molar-refractivity contribution is 7.13. The SMILES string of the molecule is CCCNC(=O)N1CCC[C@@H](c2nnc(C(=O)Nc3cccc(Cl)c3)s2)C1. The van der Waals surface area contributed by atoms with E-state index in [-0.39, 0.29) is 17.9 Å². The molecule has 1 aromatic carbocycles. The highest BCUT2D eigenvalue weighted by Gasteiger charge is 2.28. The molecule has 1 aliphatic rings. The lowest BCUT2D eigenvalue weighted by molar-refractivity contribution is 0.102. The minimum Gasteiger partial charge on any atom is -0.338 e. The Hall–Kier alpha value is -2.19. The van der Waals surface area contributed by atoms with Crippen LogP contribution in [-0.4, -0.2) is 46.7 Å². The zero-order chi connectivity index (χ0) is 19.2. The third kappa shape index (κ3) is 5.17. The van der Waals surface area contributed by atoms with Gasteiger partial charge in [0.15, 0.2) is 0 Å². The number of halogens is 1. The summed E-state index contributed by atoms with van der Waals surface area (Å²) in [5, 5.41) is 15.6. The van der Waals surface area contributed by atoms with Crippen LogP contribution in [0.25, 0.3) is 0 Å². The van der Waals surface area contributed by atoms with Gasteiger partial charge in [0, 0.05) is 36.3 Å². The summed E-state index contributed by atoms with van der Waals surface area (Å²) in [6, 6.07) is 6.91. The van der Waals surface area contributed by atoms with E-state index in [1.54, 1.807) is 24.3 Å². The normalized spacial score (nSPS) is 16.8. The molecule has 2 heterocycles. The summed E-state index contributed by atoms with van der Waals surface area (Å²) >= 11 is 7.21. The average Bonchev–Trinajstić information content (AvgIpc) is 3.16. The fourth-order valence-electron chi connectivity index (χ4n) is 2.95. The van der Waals surface area contributed by atoms with Crippen LogP contribution >= 0.6 is 22.9 Å². The molecule has 3 amide bonds. The van der Waals surface area contributed by atoms with Crippen LogP contribution in [0.3, 0.4) is 0 Å². The van der Waals surface area contributed by atoms with Crippen LogP contribution in [0.5, 0.6) is 0 Å². The fraction of sp³-hybridized carbons (Fsp3) is 0.444. The van der Waals surface area contributed by atoms with Crippen LogP contribution in [0.1, 0.15) is 46.9 Å². The number of amides is 3. The number of hydrogen-bond acceptors (Lipinski definition) is 5. The first kappa shape index (κ1) is 19.6. The van der Waals surface area contributed by atoms with Crippen LogP contribution in [0, 0.1) is 0 Å². The molecule has 1 aliphatic heterocycles. The van der Waals surface area contributed by atoms with E-state index >= 15 is 0 Å². The van der Waals surface area contributed by atoms with Crippen molar-refractivity contribution in [3.63, 3.8) is 0 Å². The molecule has 3 rings (SSSR count). The molecule has 1 aromatic heterocycles. The molecule has 1 saturated heterocycles. The van der Waals surface area contributed by atoms with Gasteiger partial charge < -0.3 is 15.5 Å². The van der Waals surface area contributed by atoms with E-state index in [4.69, 9.17) is 11.6 Å². The summed E-state index contributed by atoms with van der Waals surface area (Å²) in [4.78, 5) is 26.4. The Morgan fingerprint density at radius 1 is 1.37 bits per heavy atom. The van der Waals surface area contributed by atoms with Gasteiger partial charge in [0.1, 0.15) is 5.01 Å². The molecule has 7 nitrogen and oxygen atoms in total. The monoisotopic (exact) mass is 407 g/mol. The molecule has 0 spiro atoms. The molecule has 0 aliphatic carbocycles. The Morgan fingerprint density at radius 2 is 2.22 bits per heavy atom. The van der Waals surface area contributed by atoms with Gasteiger partial charge in [-0.05, 0) is 37.5 Å². The molecular weight excluding hydrogens is 386 g/mol. The predicted molar refractivity (Wildman–Crippen MR) is 107 cm³/mol. The second kappa shape index (κ2) is 9.14. The number of hydrogen-bond donors (Lipinski definition) is 2. The third-order valence-electron chi connectivity index (χ3n) is 4.30. The number of rotatable bonds is 5. The standard InChI is InChI=1S/C18H22ClN5O2S/c1-2-8-20-18(26)24-9-4-5-12(11-24)16-22-23-17(27-16)15(25)21-14-7-3-6-13(19)10-14/h3,6-7,10,12H,2,4-5,8-9,11H2,1H3,(H,20,26)(H,21,25)/t12-/m1/s1. The second-order valence-electron chi connectivity index (χ2n) is 6.43. The van der Waals surface area contributed by atoms with Crippen molar-refractivity contribution in [2.75, 3.05) is 25.0 Å². The lowest BCUT2D eigenvalue weighted by Gasteiger charge is -2.31. The lowest BCUT2D eigenvalue weighted by atomic mass is 9.99. The first-order valence-corrected chi connectivity index (χ1v) is 10.2. The topological polar surface area (TPSA) is 87.2 Å². The van der Waals surface area contributed by atoms with E-state index in [9.17, 15) is 9.59 Å². The molecule has 1 fully saturated rings. The zero-order valence-electron chi connectivity index (χ0n) is 15.1. The number of benzene rings is 1. The molecule has 9 heteroatoms. The Labute approximate surface area is 167 Å². The van der Waals surface area contributed by atoms with Gasteiger partial charge in [-0.2, -0.15) is 0 Å². The van der Waals surface area contributed by atoms with Crippen LogP contribution in [0.15, 0.2) is 24.3 Å². The van der Waals surface area contributed by atoms with Gasteiger partial charge >= 0.3 is 6.03 Å². The molecule has 144 valence electrons. The van der Waals surface area contributed by atoms with Crippen molar-refractivity contribution in [3.05, 3.63) is 39.3 Å². The maximum Gasteiger partial charge on any atom is 0.317 e. The molecule has 2 N–H and O–H groups in total. The maximum absolute atomic E-state index is 12.4. The molecule has 0 radical (unpaired) electrons. The van der Waals surface area contributed by atoms with Crippen LogP contribution in [0.4, 0.5) is 10.5 Å². The lowest BCUT2D eigenvalue weighted by Crippen LogP contribution is -2.45. The Morgan fingerprint density at radius 3 is 3.00 bits per heavy atom. The van der Waals surface area contributed by atoms with Crippen LogP contribution < -0.4 is 10.6 Å². The Bertz CT molecular complexity index is 813. The first-order chi connectivity index (χ1) is 13.1. The maximum atomic E-state index is 12.4. The number of carbonyl (C=O) groups is 2. The highest BCUT2D eigenvalue weighted by Crippen LogP contribution is 2.29. The highest BCUT2D eigenvalue weighted by atomic mass is 35.5. The van der Waals surface area contributed by atoms with Crippen molar-refractivity contribution in [1.82, 2.24) is 20.4 Å². The summed E-state index contributed by atoms with van der Waals surface area (Å²) < 4.78 is 0. The molecule has 1 atom stereocenters. The number of nitrogens with one attached hydrogen (secondary N) is 2. The molecule has 2 aromatic rings. The average molecular weight is 408 g/mol. The molecule has 0 bridgehead atoms. The Kier molecular flexibility index (Phi) is 6.63. The van der Waals surface area contributed by atoms with Gasteiger partial charge in [0.05, 0.1) is 0 Å². The minimum atomic E-state index is -0.311. The first-order valence-electron chi connectivity index (χ1n) is 9.00. The van der Waals surface area contributed by atoms with E-state index < -0.39 is 0 Å². The van der Waals surface area contributed by atoms with Gasteiger partial charge in [-0.25, -0.2) is 4.79 Å². The van der Waals surface area contributed by atoms with E-state index in [0.717, 1.165) is 30.8 Å². The van der Waals surface area contributed by atoms with E-state index in [0.29, 0.717) is 28.8 Å². The largest absolute Gasteiger partial charge is 0.338 e. The van der Waals surface area contributed by atoms with Crippen molar-refractivity contribution in [2.45, 2.75) is 32.1 Å². The molecular formula is C18H22ClN5O2S. The third-order valence-corrected chi connectivity index (χ3v) is 5.62.